The molecule has 1 aromatic rings. The van der Waals surface area contributed by atoms with Gasteiger partial charge in [0, 0.05) is 26.2 Å². The fraction of sp³-hybridized carbons (Fsp3) is 0.667. The second kappa shape index (κ2) is 8.87. The lowest BCUT2D eigenvalue weighted by atomic mass is 9.93. The summed E-state index contributed by atoms with van der Waals surface area (Å²) in [5, 5.41) is 0. The van der Waals surface area contributed by atoms with Gasteiger partial charge in [0.2, 0.25) is 0 Å². The van der Waals surface area contributed by atoms with Crippen LogP contribution >= 0.6 is 0 Å². The van der Waals surface area contributed by atoms with E-state index in [1.54, 1.807) is 6.92 Å². The molecule has 0 atom stereocenters. The van der Waals surface area contributed by atoms with E-state index in [2.05, 4.69) is 39.8 Å². The molecule has 1 aromatic carbocycles. The Morgan fingerprint density at radius 2 is 1.77 bits per heavy atom. The highest BCUT2D eigenvalue weighted by Gasteiger charge is 2.23. The third kappa shape index (κ3) is 4.98. The van der Waals surface area contributed by atoms with E-state index in [-0.39, 0.29) is 5.78 Å². The number of nitrogens with zero attached hydrogens (tertiary/aromatic N) is 3. The molecular formula is C21H34N4O. The lowest BCUT2D eigenvalue weighted by Gasteiger charge is -2.38. The number of aryl methyl sites for hydroxylation is 1. The van der Waals surface area contributed by atoms with Crippen LogP contribution < -0.4 is 10.6 Å². The fourth-order valence-corrected chi connectivity index (χ4v) is 4.27. The molecule has 2 heterocycles. The van der Waals surface area contributed by atoms with Crippen molar-refractivity contribution in [1.29, 1.82) is 0 Å². The van der Waals surface area contributed by atoms with E-state index in [1.807, 2.05) is 0 Å². The molecule has 0 unspecified atom stereocenters. The molecule has 0 aliphatic carbocycles. The summed E-state index contributed by atoms with van der Waals surface area (Å²) in [6.45, 7) is 12.1. The van der Waals surface area contributed by atoms with Crippen molar-refractivity contribution in [3.05, 3.63) is 23.8 Å². The fourth-order valence-electron chi connectivity index (χ4n) is 4.27. The number of likely N-dealkylation sites (tertiary alicyclic amines) is 1. The normalized spacial score (nSPS) is 20.5. The van der Waals surface area contributed by atoms with Gasteiger partial charge in [-0.3, -0.25) is 14.6 Å². The van der Waals surface area contributed by atoms with E-state index in [0.717, 1.165) is 50.9 Å². The highest BCUT2D eigenvalue weighted by Crippen LogP contribution is 2.27. The summed E-state index contributed by atoms with van der Waals surface area (Å²) < 4.78 is 0. The maximum Gasteiger partial charge on any atom is 0.143 e. The predicted molar refractivity (Wildman–Crippen MR) is 109 cm³/mol. The third-order valence-corrected chi connectivity index (χ3v) is 6.02. The summed E-state index contributed by atoms with van der Waals surface area (Å²) in [6, 6.07) is 6.33. The Morgan fingerprint density at radius 1 is 1.08 bits per heavy atom. The van der Waals surface area contributed by atoms with Crippen LogP contribution in [0.1, 0.15) is 31.7 Å². The molecule has 5 nitrogen and oxygen atoms in total. The zero-order valence-electron chi connectivity index (χ0n) is 16.4. The van der Waals surface area contributed by atoms with Gasteiger partial charge >= 0.3 is 0 Å². The highest BCUT2D eigenvalue weighted by atomic mass is 16.1. The molecule has 2 fully saturated rings. The molecule has 2 N–H and O–H groups in total. The first-order valence-corrected chi connectivity index (χ1v) is 10.1. The van der Waals surface area contributed by atoms with E-state index in [1.165, 1.54) is 37.1 Å². The minimum absolute atomic E-state index is 0.288. The number of nitrogen functional groups attached to an aromatic ring is 1. The number of ketones is 1. The Balaban J connectivity index is 1.38. The van der Waals surface area contributed by atoms with Crippen molar-refractivity contribution in [1.82, 2.24) is 9.80 Å². The molecule has 2 aliphatic rings. The number of piperazine rings is 1. The summed E-state index contributed by atoms with van der Waals surface area (Å²) in [6.07, 6.45) is 3.78. The van der Waals surface area contributed by atoms with Gasteiger partial charge in [0.1, 0.15) is 5.78 Å². The topological polar surface area (TPSA) is 52.8 Å². The van der Waals surface area contributed by atoms with E-state index in [9.17, 15) is 4.79 Å². The molecule has 144 valence electrons. The number of hydrogen-bond donors (Lipinski definition) is 1. The zero-order chi connectivity index (χ0) is 18.5. The van der Waals surface area contributed by atoms with Gasteiger partial charge in [0.05, 0.1) is 17.9 Å². The van der Waals surface area contributed by atoms with Crippen molar-refractivity contribution in [3.8, 4) is 0 Å². The lowest BCUT2D eigenvalue weighted by Crippen LogP contribution is -2.47. The van der Waals surface area contributed by atoms with Gasteiger partial charge in [-0.15, -0.1) is 0 Å². The van der Waals surface area contributed by atoms with Gasteiger partial charge in [-0.05, 0) is 70.3 Å². The van der Waals surface area contributed by atoms with Gasteiger partial charge in [-0.1, -0.05) is 12.1 Å². The smallest absolute Gasteiger partial charge is 0.143 e. The molecule has 2 aliphatic heterocycles. The minimum Gasteiger partial charge on any atom is -0.397 e. The van der Waals surface area contributed by atoms with Crippen molar-refractivity contribution in [2.24, 2.45) is 5.92 Å². The minimum atomic E-state index is 0.288. The molecule has 3 rings (SSSR count). The first kappa shape index (κ1) is 19.2. The lowest BCUT2D eigenvalue weighted by molar-refractivity contribution is -0.118. The van der Waals surface area contributed by atoms with Crippen LogP contribution in [0.4, 0.5) is 11.4 Å². The van der Waals surface area contributed by atoms with Crippen LogP contribution in [0.15, 0.2) is 18.2 Å². The number of carbonyl (C=O) groups is 1. The van der Waals surface area contributed by atoms with E-state index < -0.39 is 0 Å². The van der Waals surface area contributed by atoms with Crippen LogP contribution in [0.3, 0.4) is 0 Å². The summed E-state index contributed by atoms with van der Waals surface area (Å²) in [4.78, 5) is 18.6. The number of hydrogen-bond acceptors (Lipinski definition) is 5. The number of piperidine rings is 1. The van der Waals surface area contributed by atoms with Crippen LogP contribution in [0.2, 0.25) is 0 Å². The average Bonchev–Trinajstić information content (AvgIpc) is 2.63. The maximum absolute atomic E-state index is 11.2. The number of anilines is 2. The van der Waals surface area contributed by atoms with Crippen LogP contribution in [0.25, 0.3) is 0 Å². The van der Waals surface area contributed by atoms with Gasteiger partial charge < -0.3 is 10.6 Å². The summed E-state index contributed by atoms with van der Waals surface area (Å²) >= 11 is 0. The van der Waals surface area contributed by atoms with Crippen LogP contribution in [0, 0.1) is 12.8 Å². The second-order valence-electron chi connectivity index (χ2n) is 8.05. The van der Waals surface area contributed by atoms with Crippen LogP contribution in [-0.2, 0) is 4.79 Å². The number of rotatable bonds is 6. The molecule has 26 heavy (non-hydrogen) atoms. The van der Waals surface area contributed by atoms with Crippen molar-refractivity contribution in [3.63, 3.8) is 0 Å². The van der Waals surface area contributed by atoms with Gasteiger partial charge in [-0.25, -0.2) is 0 Å². The van der Waals surface area contributed by atoms with E-state index in [4.69, 9.17) is 5.73 Å². The van der Waals surface area contributed by atoms with Crippen molar-refractivity contribution in [2.45, 2.75) is 33.1 Å². The van der Waals surface area contributed by atoms with Crippen LogP contribution in [-0.4, -0.2) is 67.9 Å². The summed E-state index contributed by atoms with van der Waals surface area (Å²) in [5.74, 6) is 1.11. The first-order chi connectivity index (χ1) is 12.5. The number of Topliss-reactive ketones (excluding diaryl/α,β-unsaturated/α-hetero) is 1. The molecule has 0 aromatic heterocycles. The van der Waals surface area contributed by atoms with E-state index >= 15 is 0 Å². The molecular weight excluding hydrogens is 324 g/mol. The molecule has 0 saturated carbocycles. The molecule has 2 saturated heterocycles. The molecule has 0 amide bonds. The standard InChI is InChI=1S/C21H34N4O/c1-17-4-3-5-20(21(17)22)25-14-12-23(13-15-25)9-6-19-7-10-24(11-8-19)16-18(2)26/h3-5,19H,6-16,22H2,1-2H3. The average molecular weight is 359 g/mol. The largest absolute Gasteiger partial charge is 0.397 e. The van der Waals surface area contributed by atoms with Gasteiger partial charge in [0.25, 0.3) is 0 Å². The number of nitrogens with two attached hydrogens (primary N) is 1. The maximum atomic E-state index is 11.2. The molecule has 0 bridgehead atoms. The third-order valence-electron chi connectivity index (χ3n) is 6.02. The van der Waals surface area contributed by atoms with Crippen LogP contribution in [0.5, 0.6) is 0 Å². The quantitative estimate of drug-likeness (QED) is 0.792. The monoisotopic (exact) mass is 358 g/mol. The van der Waals surface area contributed by atoms with Gasteiger partial charge in [0.15, 0.2) is 0 Å². The first-order valence-electron chi connectivity index (χ1n) is 10.1. The number of para-hydroxylation sites is 1. The number of carbonyl (C=O) groups excluding carboxylic acids is 1. The molecule has 5 heteroatoms. The number of benzene rings is 1. The summed E-state index contributed by atoms with van der Waals surface area (Å²) in [5.41, 5.74) is 9.56. The SMILES string of the molecule is CC(=O)CN1CCC(CCN2CCN(c3cccc(C)c3N)CC2)CC1. The summed E-state index contributed by atoms with van der Waals surface area (Å²) in [7, 11) is 0. The van der Waals surface area contributed by atoms with Crippen molar-refractivity contribution < 1.29 is 4.79 Å². The Hall–Kier alpha value is -1.59. The Kier molecular flexibility index (Phi) is 6.54. The van der Waals surface area contributed by atoms with Crippen molar-refractivity contribution >= 4 is 17.2 Å². The molecule has 0 radical (unpaired) electrons. The van der Waals surface area contributed by atoms with E-state index in [0.29, 0.717) is 6.54 Å². The predicted octanol–water partition coefficient (Wildman–Crippen LogP) is 2.39. The second-order valence-corrected chi connectivity index (χ2v) is 8.05. The Bertz CT molecular complexity index is 602. The Labute approximate surface area is 158 Å². The zero-order valence-corrected chi connectivity index (χ0v) is 16.4. The highest BCUT2D eigenvalue weighted by molar-refractivity contribution is 5.77. The van der Waals surface area contributed by atoms with Crippen molar-refractivity contribution in [2.75, 3.05) is 63.0 Å². The van der Waals surface area contributed by atoms with Gasteiger partial charge in [-0.2, -0.15) is 0 Å². The Morgan fingerprint density at radius 3 is 2.42 bits per heavy atom. The molecule has 0 spiro atoms.